The SMILES string of the molecule is N#CCCN(c1nc2c(cc1C#N)CCCC2)C1CC1. The molecule has 0 aliphatic heterocycles. The Morgan fingerprint density at radius 3 is 2.75 bits per heavy atom. The quantitative estimate of drug-likeness (QED) is 0.840. The van der Waals surface area contributed by atoms with Crippen molar-refractivity contribution < 1.29 is 0 Å². The fraction of sp³-hybridized carbons (Fsp3) is 0.562. The molecule has 0 radical (unpaired) electrons. The van der Waals surface area contributed by atoms with E-state index in [2.05, 4.69) is 17.0 Å². The largest absolute Gasteiger partial charge is 0.351 e. The number of rotatable bonds is 4. The highest BCUT2D eigenvalue weighted by molar-refractivity contribution is 5.57. The van der Waals surface area contributed by atoms with Gasteiger partial charge in [-0.05, 0) is 50.2 Å². The summed E-state index contributed by atoms with van der Waals surface area (Å²) in [4.78, 5) is 6.97. The Morgan fingerprint density at radius 1 is 1.25 bits per heavy atom. The third-order valence-electron chi connectivity index (χ3n) is 4.13. The summed E-state index contributed by atoms with van der Waals surface area (Å²) in [6.07, 6.45) is 7.22. The zero-order chi connectivity index (χ0) is 13.9. The second kappa shape index (κ2) is 5.51. The average molecular weight is 266 g/mol. The minimum atomic E-state index is 0.476. The van der Waals surface area contributed by atoms with Crippen molar-refractivity contribution in [2.75, 3.05) is 11.4 Å². The Bertz CT molecular complexity index is 590. The molecule has 1 heterocycles. The zero-order valence-electron chi connectivity index (χ0n) is 11.6. The van der Waals surface area contributed by atoms with Gasteiger partial charge in [0, 0.05) is 18.3 Å². The summed E-state index contributed by atoms with van der Waals surface area (Å²) < 4.78 is 0. The van der Waals surface area contributed by atoms with Gasteiger partial charge in [-0.3, -0.25) is 0 Å². The van der Waals surface area contributed by atoms with Crippen molar-refractivity contribution in [3.8, 4) is 12.1 Å². The number of hydrogen-bond acceptors (Lipinski definition) is 4. The number of hydrogen-bond donors (Lipinski definition) is 0. The third-order valence-corrected chi connectivity index (χ3v) is 4.13. The van der Waals surface area contributed by atoms with Crippen LogP contribution in [0.2, 0.25) is 0 Å². The Balaban J connectivity index is 1.98. The van der Waals surface area contributed by atoms with Crippen molar-refractivity contribution in [2.24, 2.45) is 0 Å². The lowest BCUT2D eigenvalue weighted by Gasteiger charge is -2.26. The maximum absolute atomic E-state index is 9.41. The van der Waals surface area contributed by atoms with Crippen LogP contribution in [0.25, 0.3) is 0 Å². The first-order valence-corrected chi connectivity index (χ1v) is 7.40. The molecule has 0 bridgehead atoms. The molecule has 2 aliphatic rings. The van der Waals surface area contributed by atoms with Gasteiger partial charge in [0.2, 0.25) is 0 Å². The highest BCUT2D eigenvalue weighted by Crippen LogP contribution is 2.34. The molecule has 20 heavy (non-hydrogen) atoms. The Hall–Kier alpha value is -2.07. The van der Waals surface area contributed by atoms with Crippen LogP contribution in [0.5, 0.6) is 0 Å². The molecule has 1 fully saturated rings. The molecular formula is C16H18N4. The van der Waals surface area contributed by atoms with Crippen LogP contribution in [0.15, 0.2) is 6.07 Å². The van der Waals surface area contributed by atoms with Crippen molar-refractivity contribution in [1.82, 2.24) is 4.98 Å². The van der Waals surface area contributed by atoms with Gasteiger partial charge in [-0.2, -0.15) is 10.5 Å². The first-order chi connectivity index (χ1) is 9.83. The monoisotopic (exact) mass is 266 g/mol. The smallest absolute Gasteiger partial charge is 0.147 e. The lowest BCUT2D eigenvalue weighted by Crippen LogP contribution is -2.29. The molecular weight excluding hydrogens is 248 g/mol. The van der Waals surface area contributed by atoms with Gasteiger partial charge in [-0.1, -0.05) is 0 Å². The molecule has 0 saturated heterocycles. The van der Waals surface area contributed by atoms with Gasteiger partial charge >= 0.3 is 0 Å². The molecule has 0 spiro atoms. The van der Waals surface area contributed by atoms with Crippen LogP contribution < -0.4 is 4.90 Å². The minimum Gasteiger partial charge on any atom is -0.351 e. The molecule has 0 unspecified atom stereocenters. The second-order valence-corrected chi connectivity index (χ2v) is 5.62. The summed E-state index contributed by atoms with van der Waals surface area (Å²) in [6, 6.07) is 7.00. The standard InChI is InChI=1S/C16H18N4/c17-8-3-9-20(14-6-7-14)16-13(11-18)10-12-4-1-2-5-15(12)19-16/h10,14H,1-7,9H2. The highest BCUT2D eigenvalue weighted by Gasteiger charge is 2.31. The topological polar surface area (TPSA) is 63.7 Å². The van der Waals surface area contributed by atoms with E-state index in [0.29, 0.717) is 24.6 Å². The first-order valence-electron chi connectivity index (χ1n) is 7.40. The van der Waals surface area contributed by atoms with E-state index in [1.807, 2.05) is 6.07 Å². The van der Waals surface area contributed by atoms with Crippen molar-refractivity contribution in [3.63, 3.8) is 0 Å². The summed E-state index contributed by atoms with van der Waals surface area (Å²) >= 11 is 0. The van der Waals surface area contributed by atoms with Gasteiger partial charge in [0.15, 0.2) is 0 Å². The van der Waals surface area contributed by atoms with Crippen molar-refractivity contribution in [2.45, 2.75) is 51.0 Å². The Morgan fingerprint density at radius 2 is 2.05 bits per heavy atom. The number of fused-ring (bicyclic) bond motifs is 1. The molecule has 0 amide bonds. The van der Waals surface area contributed by atoms with Crippen LogP contribution in [-0.4, -0.2) is 17.6 Å². The Labute approximate surface area is 119 Å². The number of anilines is 1. The van der Waals surface area contributed by atoms with E-state index in [9.17, 15) is 5.26 Å². The van der Waals surface area contributed by atoms with Gasteiger partial charge in [-0.15, -0.1) is 0 Å². The number of nitrogens with zero attached hydrogens (tertiary/aromatic N) is 4. The fourth-order valence-electron chi connectivity index (χ4n) is 2.94. The van der Waals surface area contributed by atoms with E-state index >= 15 is 0 Å². The number of nitriles is 2. The van der Waals surface area contributed by atoms with Crippen LogP contribution in [0.4, 0.5) is 5.82 Å². The lowest BCUT2D eigenvalue weighted by atomic mass is 9.95. The fourth-order valence-corrected chi connectivity index (χ4v) is 2.94. The van der Waals surface area contributed by atoms with Gasteiger partial charge in [0.25, 0.3) is 0 Å². The van der Waals surface area contributed by atoms with Gasteiger partial charge in [-0.25, -0.2) is 4.98 Å². The van der Waals surface area contributed by atoms with Gasteiger partial charge in [0.1, 0.15) is 11.9 Å². The zero-order valence-corrected chi connectivity index (χ0v) is 11.6. The van der Waals surface area contributed by atoms with E-state index in [4.69, 9.17) is 10.2 Å². The van der Waals surface area contributed by atoms with Crippen LogP contribution >= 0.6 is 0 Å². The first kappa shape index (κ1) is 12.9. The molecule has 3 rings (SSSR count). The maximum atomic E-state index is 9.41. The van der Waals surface area contributed by atoms with Crippen LogP contribution in [0.1, 0.15) is 48.9 Å². The van der Waals surface area contributed by atoms with E-state index in [0.717, 1.165) is 37.2 Å². The third kappa shape index (κ3) is 2.47. The summed E-state index contributed by atoms with van der Waals surface area (Å²) in [7, 11) is 0. The number of aryl methyl sites for hydroxylation is 2. The van der Waals surface area contributed by atoms with E-state index in [1.165, 1.54) is 18.4 Å². The van der Waals surface area contributed by atoms with Crippen LogP contribution in [0, 0.1) is 22.7 Å². The number of pyridine rings is 1. The molecule has 4 heteroatoms. The summed E-state index contributed by atoms with van der Waals surface area (Å²) in [6.45, 7) is 0.682. The van der Waals surface area contributed by atoms with Crippen molar-refractivity contribution in [3.05, 3.63) is 22.9 Å². The van der Waals surface area contributed by atoms with E-state index in [-0.39, 0.29) is 0 Å². The average Bonchev–Trinajstić information content (AvgIpc) is 3.31. The summed E-state index contributed by atoms with van der Waals surface area (Å²) in [5.41, 5.74) is 3.08. The molecule has 102 valence electrons. The second-order valence-electron chi connectivity index (χ2n) is 5.62. The van der Waals surface area contributed by atoms with Crippen LogP contribution in [0.3, 0.4) is 0 Å². The molecule has 0 N–H and O–H groups in total. The summed E-state index contributed by atoms with van der Waals surface area (Å²) in [5.74, 6) is 0.811. The summed E-state index contributed by atoms with van der Waals surface area (Å²) in [5, 5.41) is 18.2. The van der Waals surface area contributed by atoms with Gasteiger partial charge < -0.3 is 4.90 Å². The van der Waals surface area contributed by atoms with Crippen molar-refractivity contribution >= 4 is 5.82 Å². The number of aromatic nitrogens is 1. The van der Waals surface area contributed by atoms with E-state index in [1.54, 1.807) is 0 Å². The van der Waals surface area contributed by atoms with E-state index < -0.39 is 0 Å². The highest BCUT2D eigenvalue weighted by atomic mass is 15.2. The molecule has 2 aliphatic carbocycles. The normalized spacial score (nSPS) is 16.9. The molecule has 1 saturated carbocycles. The maximum Gasteiger partial charge on any atom is 0.147 e. The van der Waals surface area contributed by atoms with Gasteiger partial charge in [0.05, 0.1) is 18.1 Å². The molecule has 1 aromatic rings. The lowest BCUT2D eigenvalue weighted by molar-refractivity contribution is 0.662. The Kier molecular flexibility index (Phi) is 3.56. The predicted molar refractivity (Wildman–Crippen MR) is 76.2 cm³/mol. The molecule has 1 aromatic heterocycles. The molecule has 0 aromatic carbocycles. The molecule has 4 nitrogen and oxygen atoms in total. The van der Waals surface area contributed by atoms with Crippen LogP contribution in [-0.2, 0) is 12.8 Å². The minimum absolute atomic E-state index is 0.476. The molecule has 0 atom stereocenters. The van der Waals surface area contributed by atoms with Crippen molar-refractivity contribution in [1.29, 1.82) is 10.5 Å². The predicted octanol–water partition coefficient (Wildman–Crippen LogP) is 2.71.